The zero-order valence-corrected chi connectivity index (χ0v) is 14.7. The Bertz CT molecular complexity index is 397. The van der Waals surface area contributed by atoms with E-state index in [9.17, 15) is 0 Å². The van der Waals surface area contributed by atoms with E-state index < -0.39 is 0 Å². The van der Waals surface area contributed by atoms with Gasteiger partial charge in [-0.05, 0) is 57.8 Å². The van der Waals surface area contributed by atoms with Gasteiger partial charge in [0, 0.05) is 11.8 Å². The minimum absolute atomic E-state index is 0.370. The molecule has 3 rings (SSSR count). The highest BCUT2D eigenvalue weighted by molar-refractivity contribution is 5.15. The molecule has 2 aliphatic rings. The molecule has 0 unspecified atom stereocenters. The van der Waals surface area contributed by atoms with Crippen molar-refractivity contribution in [3.8, 4) is 5.88 Å². The molecule has 0 aromatic carbocycles. The Labute approximate surface area is 130 Å². The van der Waals surface area contributed by atoms with Crippen LogP contribution in [-0.4, -0.2) is 16.1 Å². The van der Waals surface area contributed by atoms with E-state index in [1.54, 1.807) is 0 Å². The molecule has 0 atom stereocenters. The van der Waals surface area contributed by atoms with Gasteiger partial charge in [-0.1, -0.05) is 27.7 Å². The normalized spacial score (nSPS) is 19.0. The smallest absolute Gasteiger partial charge is 0.217 e. The van der Waals surface area contributed by atoms with Crippen LogP contribution < -0.4 is 4.74 Å². The van der Waals surface area contributed by atoms with Gasteiger partial charge in [0.15, 0.2) is 0 Å². The molecule has 0 N–H and O–H groups in total. The number of hydrogen-bond acceptors (Lipinski definition) is 3. The lowest BCUT2D eigenvalue weighted by molar-refractivity contribution is 0.118. The van der Waals surface area contributed by atoms with Gasteiger partial charge in [0.1, 0.15) is 11.9 Å². The Morgan fingerprint density at radius 2 is 1.52 bits per heavy atom. The topological polar surface area (TPSA) is 35.0 Å². The van der Waals surface area contributed by atoms with Gasteiger partial charge in [-0.25, -0.2) is 4.98 Å². The first kappa shape index (κ1) is 17.9. The second-order valence-corrected chi connectivity index (χ2v) is 5.71. The zero-order valence-electron chi connectivity index (χ0n) is 14.7. The lowest BCUT2D eigenvalue weighted by atomic mass is 9.85. The Morgan fingerprint density at radius 1 is 0.952 bits per heavy atom. The summed E-state index contributed by atoms with van der Waals surface area (Å²) in [6.07, 6.45) is 8.36. The van der Waals surface area contributed by atoms with Crippen molar-refractivity contribution in [1.82, 2.24) is 9.97 Å². The second kappa shape index (κ2) is 8.35. The summed E-state index contributed by atoms with van der Waals surface area (Å²) in [6.45, 7) is 11.9. The number of aryl methyl sites for hydroxylation is 2. The predicted molar refractivity (Wildman–Crippen MR) is 88.8 cm³/mol. The van der Waals surface area contributed by atoms with Crippen LogP contribution in [0.25, 0.3) is 0 Å². The van der Waals surface area contributed by atoms with Crippen LogP contribution in [0.2, 0.25) is 0 Å². The molecule has 3 nitrogen and oxygen atoms in total. The monoisotopic (exact) mass is 292 g/mol. The third kappa shape index (κ3) is 5.29. The summed E-state index contributed by atoms with van der Waals surface area (Å²) in [5.41, 5.74) is 1.72. The molecule has 120 valence electrons. The summed E-state index contributed by atoms with van der Waals surface area (Å²) in [5, 5.41) is 0. The van der Waals surface area contributed by atoms with E-state index in [0.29, 0.717) is 6.10 Å². The number of aromatic nitrogens is 2. The van der Waals surface area contributed by atoms with Gasteiger partial charge in [0.25, 0.3) is 0 Å². The number of rotatable bonds is 2. The first-order valence-corrected chi connectivity index (χ1v) is 8.64. The highest BCUT2D eigenvalue weighted by atomic mass is 16.5. The largest absolute Gasteiger partial charge is 0.474 e. The molecule has 0 bridgehead atoms. The number of nitrogens with zero attached hydrogens (tertiary/aromatic N) is 2. The maximum absolute atomic E-state index is 5.99. The van der Waals surface area contributed by atoms with Crippen molar-refractivity contribution in [2.24, 2.45) is 5.41 Å². The molecule has 0 aliphatic heterocycles. The summed E-state index contributed by atoms with van der Waals surface area (Å²) in [4.78, 5) is 8.62. The minimum atomic E-state index is 0.370. The van der Waals surface area contributed by atoms with Crippen LogP contribution >= 0.6 is 0 Å². The lowest BCUT2D eigenvalue weighted by Gasteiger charge is -2.28. The van der Waals surface area contributed by atoms with Gasteiger partial charge in [-0.3, -0.25) is 0 Å². The highest BCUT2D eigenvalue weighted by Crippen LogP contribution is 2.56. The molecule has 21 heavy (non-hydrogen) atoms. The fourth-order valence-corrected chi connectivity index (χ4v) is 2.91. The van der Waals surface area contributed by atoms with Crippen molar-refractivity contribution in [1.29, 1.82) is 0 Å². The van der Waals surface area contributed by atoms with Gasteiger partial charge >= 0.3 is 0 Å². The summed E-state index contributed by atoms with van der Waals surface area (Å²) in [5.74, 6) is 1.56. The number of hydrogen-bond donors (Lipinski definition) is 0. The molecule has 0 amide bonds. The van der Waals surface area contributed by atoms with Crippen LogP contribution in [0, 0.1) is 19.3 Å². The van der Waals surface area contributed by atoms with Crippen LogP contribution in [0.5, 0.6) is 5.88 Å². The fourth-order valence-electron chi connectivity index (χ4n) is 2.91. The molecule has 1 aromatic rings. The molecule has 0 radical (unpaired) electrons. The van der Waals surface area contributed by atoms with E-state index in [1.807, 2.05) is 47.6 Å². The lowest BCUT2D eigenvalue weighted by Crippen LogP contribution is -2.25. The summed E-state index contributed by atoms with van der Waals surface area (Å²) >= 11 is 0. The minimum Gasteiger partial charge on any atom is -0.474 e. The van der Waals surface area contributed by atoms with Crippen LogP contribution in [-0.2, 0) is 0 Å². The van der Waals surface area contributed by atoms with Crippen LogP contribution in [0.3, 0.4) is 0 Å². The quantitative estimate of drug-likeness (QED) is 0.747. The molecule has 1 heterocycles. The molecule has 2 aliphatic carbocycles. The van der Waals surface area contributed by atoms with Crippen LogP contribution in [0.1, 0.15) is 77.7 Å². The number of ether oxygens (including phenoxy) is 1. The van der Waals surface area contributed by atoms with Gasteiger partial charge in [0.05, 0.1) is 0 Å². The Hall–Kier alpha value is -1.12. The van der Waals surface area contributed by atoms with Crippen molar-refractivity contribution in [2.75, 3.05) is 0 Å². The Kier molecular flexibility index (Phi) is 7.13. The molecule has 0 saturated heterocycles. The molecule has 1 spiro atoms. The standard InChI is InChI=1S/C14H20N2O.2C2H6/c1-10-9-13(16-11(2)15-10)17-12-3-5-14(6-4-12)7-8-14;2*1-2/h9,12H,3-8H2,1-2H3;2*1-2H3. The van der Waals surface area contributed by atoms with Crippen molar-refractivity contribution < 1.29 is 4.74 Å². The molecular formula is C18H32N2O. The van der Waals surface area contributed by atoms with Crippen molar-refractivity contribution in [3.05, 3.63) is 17.6 Å². The highest BCUT2D eigenvalue weighted by Gasteiger charge is 2.45. The summed E-state index contributed by atoms with van der Waals surface area (Å²) in [7, 11) is 0. The molecule has 1 aromatic heterocycles. The van der Waals surface area contributed by atoms with E-state index in [4.69, 9.17) is 4.74 Å². The predicted octanol–water partition coefficient (Wildman–Crippen LogP) is 5.25. The van der Waals surface area contributed by atoms with Gasteiger partial charge in [0.2, 0.25) is 5.88 Å². The van der Waals surface area contributed by atoms with E-state index in [1.165, 1.54) is 38.5 Å². The average molecular weight is 292 g/mol. The van der Waals surface area contributed by atoms with Crippen molar-refractivity contribution in [3.63, 3.8) is 0 Å². The maximum atomic E-state index is 5.99. The average Bonchev–Trinajstić information content (AvgIpc) is 3.25. The van der Waals surface area contributed by atoms with E-state index in [2.05, 4.69) is 9.97 Å². The van der Waals surface area contributed by atoms with Gasteiger partial charge < -0.3 is 4.74 Å². The molecule has 2 saturated carbocycles. The SMILES string of the molecule is CC.CC.Cc1cc(OC2CCC3(CC2)CC3)nc(C)n1. The summed E-state index contributed by atoms with van der Waals surface area (Å²) < 4.78 is 5.99. The van der Waals surface area contributed by atoms with Crippen molar-refractivity contribution in [2.45, 2.75) is 86.2 Å². The molecule has 3 heteroatoms. The third-order valence-corrected chi connectivity index (χ3v) is 4.18. The second-order valence-electron chi connectivity index (χ2n) is 5.71. The van der Waals surface area contributed by atoms with E-state index >= 15 is 0 Å². The van der Waals surface area contributed by atoms with Crippen molar-refractivity contribution >= 4 is 0 Å². The van der Waals surface area contributed by atoms with Gasteiger partial charge in [-0.15, -0.1) is 0 Å². The van der Waals surface area contributed by atoms with Gasteiger partial charge in [-0.2, -0.15) is 4.98 Å². The van der Waals surface area contributed by atoms with Crippen LogP contribution in [0.15, 0.2) is 6.07 Å². The summed E-state index contributed by atoms with van der Waals surface area (Å²) in [6, 6.07) is 1.94. The maximum Gasteiger partial charge on any atom is 0.217 e. The third-order valence-electron chi connectivity index (χ3n) is 4.18. The molecular weight excluding hydrogens is 260 g/mol. The first-order valence-electron chi connectivity index (χ1n) is 8.64. The van der Waals surface area contributed by atoms with E-state index in [-0.39, 0.29) is 0 Å². The zero-order chi connectivity index (χ0) is 15.9. The van der Waals surface area contributed by atoms with E-state index in [0.717, 1.165) is 22.8 Å². The molecule has 2 fully saturated rings. The fraction of sp³-hybridized carbons (Fsp3) is 0.778. The Balaban J connectivity index is 0.000000510. The first-order chi connectivity index (χ1) is 10.2. The Morgan fingerprint density at radius 3 is 2.00 bits per heavy atom. The van der Waals surface area contributed by atoms with Crippen LogP contribution in [0.4, 0.5) is 0 Å².